The van der Waals surface area contributed by atoms with Gasteiger partial charge in [-0.1, -0.05) is 18.2 Å². The highest BCUT2D eigenvalue weighted by molar-refractivity contribution is 5.94. The SMILES string of the molecule is O=C(NCC1CCCO1)c1nn(-c2ccccc2)c2c1CCCC2. The van der Waals surface area contributed by atoms with Gasteiger partial charge in [-0.05, 0) is 50.7 Å². The third kappa shape index (κ3) is 2.96. The summed E-state index contributed by atoms with van der Waals surface area (Å²) in [5, 5.41) is 7.69. The van der Waals surface area contributed by atoms with E-state index in [1.54, 1.807) is 0 Å². The van der Waals surface area contributed by atoms with Crippen LogP contribution in [-0.4, -0.2) is 34.9 Å². The van der Waals surface area contributed by atoms with Gasteiger partial charge in [0.05, 0.1) is 11.8 Å². The molecule has 1 unspecified atom stereocenters. The normalized spacial score (nSPS) is 19.9. The average Bonchev–Trinajstić information content (AvgIpc) is 3.28. The van der Waals surface area contributed by atoms with Gasteiger partial charge in [-0.25, -0.2) is 4.68 Å². The molecule has 126 valence electrons. The maximum Gasteiger partial charge on any atom is 0.272 e. The van der Waals surface area contributed by atoms with Crippen LogP contribution in [0.3, 0.4) is 0 Å². The van der Waals surface area contributed by atoms with E-state index in [9.17, 15) is 4.79 Å². The smallest absolute Gasteiger partial charge is 0.272 e. The number of carbonyl (C=O) groups is 1. The Balaban J connectivity index is 1.60. The fourth-order valence-corrected chi connectivity index (χ4v) is 3.66. The van der Waals surface area contributed by atoms with Crippen LogP contribution in [-0.2, 0) is 17.6 Å². The monoisotopic (exact) mass is 325 g/mol. The quantitative estimate of drug-likeness (QED) is 0.940. The Bertz CT molecular complexity index is 718. The minimum Gasteiger partial charge on any atom is -0.376 e. The van der Waals surface area contributed by atoms with Crippen LogP contribution < -0.4 is 5.32 Å². The van der Waals surface area contributed by atoms with Crippen LogP contribution in [0.5, 0.6) is 0 Å². The van der Waals surface area contributed by atoms with Crippen molar-refractivity contribution in [3.63, 3.8) is 0 Å². The Morgan fingerprint density at radius 3 is 2.83 bits per heavy atom. The Morgan fingerprint density at radius 2 is 2.04 bits per heavy atom. The molecule has 1 saturated heterocycles. The van der Waals surface area contributed by atoms with Gasteiger partial charge in [0.25, 0.3) is 5.91 Å². The molecule has 0 bridgehead atoms. The van der Waals surface area contributed by atoms with Crippen molar-refractivity contribution in [1.29, 1.82) is 0 Å². The van der Waals surface area contributed by atoms with Crippen molar-refractivity contribution in [1.82, 2.24) is 15.1 Å². The van der Waals surface area contributed by atoms with Gasteiger partial charge >= 0.3 is 0 Å². The molecule has 1 aliphatic carbocycles. The van der Waals surface area contributed by atoms with Gasteiger partial charge in [0.1, 0.15) is 0 Å². The first-order valence-electron chi connectivity index (χ1n) is 8.89. The molecular weight excluding hydrogens is 302 g/mol. The fraction of sp³-hybridized carbons (Fsp3) is 0.474. The zero-order valence-electron chi connectivity index (χ0n) is 13.8. The van der Waals surface area contributed by atoms with Crippen LogP contribution in [0.15, 0.2) is 30.3 Å². The molecule has 1 aromatic carbocycles. The molecule has 0 saturated carbocycles. The summed E-state index contributed by atoms with van der Waals surface area (Å²) in [5.74, 6) is -0.0710. The van der Waals surface area contributed by atoms with E-state index in [-0.39, 0.29) is 12.0 Å². The third-order valence-electron chi connectivity index (χ3n) is 4.91. The van der Waals surface area contributed by atoms with E-state index in [0.717, 1.165) is 56.4 Å². The van der Waals surface area contributed by atoms with Gasteiger partial charge in [-0.3, -0.25) is 4.79 Å². The zero-order valence-corrected chi connectivity index (χ0v) is 13.8. The molecule has 2 heterocycles. The van der Waals surface area contributed by atoms with E-state index in [1.807, 2.05) is 35.0 Å². The first-order valence-corrected chi connectivity index (χ1v) is 8.89. The first-order chi connectivity index (χ1) is 11.8. The summed E-state index contributed by atoms with van der Waals surface area (Å²) in [6.45, 7) is 1.38. The lowest BCUT2D eigenvalue weighted by Gasteiger charge is -2.14. The van der Waals surface area contributed by atoms with E-state index >= 15 is 0 Å². The van der Waals surface area contributed by atoms with Gasteiger partial charge in [-0.2, -0.15) is 5.10 Å². The van der Waals surface area contributed by atoms with Crippen LogP contribution in [0, 0.1) is 0 Å². The maximum atomic E-state index is 12.7. The van der Waals surface area contributed by atoms with E-state index in [2.05, 4.69) is 10.4 Å². The van der Waals surface area contributed by atoms with Gasteiger partial charge in [0, 0.05) is 24.4 Å². The molecule has 0 radical (unpaired) electrons. The minimum atomic E-state index is -0.0710. The molecule has 1 amide bonds. The Kier molecular flexibility index (Phi) is 4.34. The number of benzene rings is 1. The molecule has 1 N–H and O–H groups in total. The van der Waals surface area contributed by atoms with Gasteiger partial charge < -0.3 is 10.1 Å². The number of fused-ring (bicyclic) bond motifs is 1. The summed E-state index contributed by atoms with van der Waals surface area (Å²) in [7, 11) is 0. The number of nitrogens with zero attached hydrogens (tertiary/aromatic N) is 2. The van der Waals surface area contributed by atoms with E-state index in [4.69, 9.17) is 4.74 Å². The average molecular weight is 325 g/mol. The lowest BCUT2D eigenvalue weighted by Crippen LogP contribution is -2.32. The summed E-state index contributed by atoms with van der Waals surface area (Å²) >= 11 is 0. The summed E-state index contributed by atoms with van der Waals surface area (Å²) in [4.78, 5) is 12.7. The highest BCUT2D eigenvalue weighted by atomic mass is 16.5. The number of hydrogen-bond donors (Lipinski definition) is 1. The Labute approximate surface area is 142 Å². The number of amides is 1. The van der Waals surface area contributed by atoms with Crippen LogP contribution in [0.4, 0.5) is 0 Å². The topological polar surface area (TPSA) is 56.1 Å². The molecule has 5 nitrogen and oxygen atoms in total. The molecule has 1 aromatic heterocycles. The zero-order chi connectivity index (χ0) is 16.4. The van der Waals surface area contributed by atoms with Crippen molar-refractivity contribution in [3.05, 3.63) is 47.3 Å². The predicted octanol–water partition coefficient (Wildman–Crippen LogP) is 2.66. The van der Waals surface area contributed by atoms with Gasteiger partial charge in [0.2, 0.25) is 0 Å². The van der Waals surface area contributed by atoms with Crippen molar-refractivity contribution >= 4 is 5.91 Å². The summed E-state index contributed by atoms with van der Waals surface area (Å²) in [6.07, 6.45) is 6.46. The highest BCUT2D eigenvalue weighted by Gasteiger charge is 2.26. The summed E-state index contributed by atoms with van der Waals surface area (Å²) < 4.78 is 7.54. The second-order valence-corrected chi connectivity index (χ2v) is 6.57. The van der Waals surface area contributed by atoms with Crippen molar-refractivity contribution in [2.45, 2.75) is 44.6 Å². The molecule has 2 aromatic rings. The third-order valence-corrected chi connectivity index (χ3v) is 4.91. The summed E-state index contributed by atoms with van der Waals surface area (Å²) in [6, 6.07) is 10.1. The number of rotatable bonds is 4. The lowest BCUT2D eigenvalue weighted by molar-refractivity contribution is 0.0852. The van der Waals surface area contributed by atoms with Crippen molar-refractivity contribution in [3.8, 4) is 5.69 Å². The van der Waals surface area contributed by atoms with Crippen LogP contribution in [0.1, 0.15) is 47.4 Å². The van der Waals surface area contributed by atoms with E-state index in [0.29, 0.717) is 12.2 Å². The number of aromatic nitrogens is 2. The van der Waals surface area contributed by atoms with Gasteiger partial charge in [0.15, 0.2) is 5.69 Å². The standard InChI is InChI=1S/C19H23N3O2/c23-19(20-13-15-9-6-12-24-15)18-16-10-4-5-11-17(16)22(21-18)14-7-2-1-3-8-14/h1-3,7-8,15H,4-6,9-13H2,(H,20,23). The molecule has 1 atom stereocenters. The van der Waals surface area contributed by atoms with E-state index in [1.165, 1.54) is 5.69 Å². The maximum absolute atomic E-state index is 12.7. The number of nitrogens with one attached hydrogen (secondary N) is 1. The molecule has 2 aliphatic rings. The number of para-hydroxylation sites is 1. The molecule has 4 rings (SSSR count). The fourth-order valence-electron chi connectivity index (χ4n) is 3.66. The molecule has 1 aliphatic heterocycles. The molecule has 24 heavy (non-hydrogen) atoms. The van der Waals surface area contributed by atoms with Gasteiger partial charge in [-0.15, -0.1) is 0 Å². The highest BCUT2D eigenvalue weighted by Crippen LogP contribution is 2.27. The van der Waals surface area contributed by atoms with Crippen molar-refractivity contribution in [2.75, 3.05) is 13.2 Å². The van der Waals surface area contributed by atoms with Crippen LogP contribution in [0.2, 0.25) is 0 Å². The van der Waals surface area contributed by atoms with E-state index < -0.39 is 0 Å². The Morgan fingerprint density at radius 1 is 1.21 bits per heavy atom. The predicted molar refractivity (Wildman–Crippen MR) is 91.5 cm³/mol. The molecular formula is C19H23N3O2. The number of ether oxygens (including phenoxy) is 1. The van der Waals surface area contributed by atoms with Crippen LogP contribution in [0.25, 0.3) is 5.69 Å². The number of carbonyl (C=O) groups excluding carboxylic acids is 1. The molecule has 1 fully saturated rings. The van der Waals surface area contributed by atoms with Crippen molar-refractivity contribution < 1.29 is 9.53 Å². The van der Waals surface area contributed by atoms with Crippen LogP contribution >= 0.6 is 0 Å². The Hall–Kier alpha value is -2.14. The summed E-state index contributed by atoms with van der Waals surface area (Å²) in [5.41, 5.74) is 3.92. The second kappa shape index (κ2) is 6.77. The minimum absolute atomic E-state index is 0.0710. The lowest BCUT2D eigenvalue weighted by atomic mass is 9.95. The second-order valence-electron chi connectivity index (χ2n) is 6.57. The molecule has 0 spiro atoms. The number of hydrogen-bond acceptors (Lipinski definition) is 3. The van der Waals surface area contributed by atoms with Crippen molar-refractivity contribution in [2.24, 2.45) is 0 Å². The largest absolute Gasteiger partial charge is 0.376 e. The molecule has 5 heteroatoms. The first kappa shape index (κ1) is 15.4.